The third kappa shape index (κ3) is 8.48. The lowest BCUT2D eigenvalue weighted by molar-refractivity contribution is -0.143. The van der Waals surface area contributed by atoms with Crippen molar-refractivity contribution in [2.75, 3.05) is 31.3 Å². The van der Waals surface area contributed by atoms with Gasteiger partial charge in [-0.3, -0.25) is 0 Å². The zero-order valence-electron chi connectivity index (χ0n) is 22.6. The fourth-order valence-corrected chi connectivity index (χ4v) is 5.19. The van der Waals surface area contributed by atoms with Gasteiger partial charge < -0.3 is 15.5 Å². The molecule has 220 valence electrons. The topological polar surface area (TPSA) is 82.5 Å². The van der Waals surface area contributed by atoms with Crippen LogP contribution in [0.4, 0.5) is 32.2 Å². The largest absolute Gasteiger partial charge is 0.416 e. The molecule has 1 aromatic heterocycles. The fourth-order valence-electron chi connectivity index (χ4n) is 4.77. The van der Waals surface area contributed by atoms with Gasteiger partial charge in [0.1, 0.15) is 5.82 Å². The Bertz CT molecular complexity index is 1160. The van der Waals surface area contributed by atoms with E-state index in [2.05, 4.69) is 20.3 Å². The summed E-state index contributed by atoms with van der Waals surface area (Å²) in [5.41, 5.74) is 3.82. The summed E-state index contributed by atoms with van der Waals surface area (Å²) in [7, 11) is 1.36. The summed E-state index contributed by atoms with van der Waals surface area (Å²) in [5.74, 6) is 0.992. The van der Waals surface area contributed by atoms with Crippen LogP contribution < -0.4 is 10.6 Å². The number of aromatic nitrogens is 1. The highest BCUT2D eigenvalue weighted by molar-refractivity contribution is 7.98. The molecule has 2 N–H and O–H groups in total. The highest BCUT2D eigenvalue weighted by atomic mass is 32.2. The Morgan fingerprint density at radius 1 is 1.02 bits per heavy atom. The van der Waals surface area contributed by atoms with E-state index in [0.717, 1.165) is 24.3 Å². The zero-order chi connectivity index (χ0) is 29.5. The SMILES string of the molecule is CCN(CC1CCCC1)c1ncc(SC)cc1CN(Cc1cc(C(F)(F)F)cc(C(F)(F)F)c1)/C(N)=N/N=NC. The molecular formula is C26H33F6N7S. The Hall–Kier alpha value is -3.03. The number of alkyl halides is 6. The molecule has 0 atom stereocenters. The number of thioether (sulfide) groups is 1. The number of nitrogens with zero attached hydrogens (tertiary/aromatic N) is 6. The summed E-state index contributed by atoms with van der Waals surface area (Å²) in [5, 5.41) is 10.8. The van der Waals surface area contributed by atoms with Gasteiger partial charge in [-0.05, 0) is 67.0 Å². The van der Waals surface area contributed by atoms with Crippen LogP contribution in [0.2, 0.25) is 0 Å². The molecule has 0 aliphatic heterocycles. The number of guanidine groups is 1. The van der Waals surface area contributed by atoms with Crippen molar-refractivity contribution in [3.8, 4) is 0 Å². The summed E-state index contributed by atoms with van der Waals surface area (Å²) in [6.45, 7) is 3.11. The molecular weight excluding hydrogens is 556 g/mol. The molecule has 1 aliphatic carbocycles. The number of nitrogens with two attached hydrogens (primary N) is 1. The first kappa shape index (κ1) is 31.5. The molecule has 0 spiro atoms. The number of hydrogen-bond acceptors (Lipinski definition) is 5. The van der Waals surface area contributed by atoms with Crippen molar-refractivity contribution >= 4 is 23.5 Å². The molecule has 1 fully saturated rings. The maximum atomic E-state index is 13.5. The highest BCUT2D eigenvalue weighted by Crippen LogP contribution is 2.37. The van der Waals surface area contributed by atoms with Gasteiger partial charge in [0, 0.05) is 42.8 Å². The first-order valence-corrected chi connectivity index (χ1v) is 14.0. The van der Waals surface area contributed by atoms with Gasteiger partial charge in [0.05, 0.1) is 18.2 Å². The second-order valence-electron chi connectivity index (χ2n) is 9.56. The van der Waals surface area contributed by atoms with E-state index >= 15 is 0 Å². The smallest absolute Gasteiger partial charge is 0.368 e. The van der Waals surface area contributed by atoms with Crippen molar-refractivity contribution in [1.82, 2.24) is 9.88 Å². The predicted octanol–water partition coefficient (Wildman–Crippen LogP) is 7.17. The van der Waals surface area contributed by atoms with E-state index in [9.17, 15) is 26.3 Å². The van der Waals surface area contributed by atoms with Crippen LogP contribution in [0.3, 0.4) is 0 Å². The molecule has 1 aromatic carbocycles. The molecule has 0 unspecified atom stereocenters. The average Bonchev–Trinajstić information content (AvgIpc) is 3.42. The molecule has 7 nitrogen and oxygen atoms in total. The molecule has 40 heavy (non-hydrogen) atoms. The van der Waals surface area contributed by atoms with Crippen LogP contribution in [0.15, 0.2) is 50.8 Å². The average molecular weight is 590 g/mol. The monoisotopic (exact) mass is 589 g/mol. The Balaban J connectivity index is 2.05. The number of hydrogen-bond donors (Lipinski definition) is 1. The first-order valence-electron chi connectivity index (χ1n) is 12.8. The maximum absolute atomic E-state index is 13.5. The van der Waals surface area contributed by atoms with Crippen LogP contribution in [-0.4, -0.2) is 42.2 Å². The van der Waals surface area contributed by atoms with Crippen molar-refractivity contribution < 1.29 is 26.3 Å². The summed E-state index contributed by atoms with van der Waals surface area (Å²) in [6, 6.07) is 3.38. The van der Waals surface area contributed by atoms with Crippen molar-refractivity contribution in [1.29, 1.82) is 0 Å². The summed E-state index contributed by atoms with van der Waals surface area (Å²) >= 11 is 1.46. The van der Waals surface area contributed by atoms with Crippen LogP contribution >= 0.6 is 11.8 Å². The highest BCUT2D eigenvalue weighted by Gasteiger charge is 2.37. The van der Waals surface area contributed by atoms with Crippen molar-refractivity contribution in [2.24, 2.45) is 27.1 Å². The molecule has 14 heteroatoms. The second-order valence-corrected chi connectivity index (χ2v) is 10.4. The lowest BCUT2D eigenvalue weighted by atomic mass is 10.0. The van der Waals surface area contributed by atoms with E-state index in [-0.39, 0.29) is 30.7 Å². The zero-order valence-corrected chi connectivity index (χ0v) is 23.4. The predicted molar refractivity (Wildman–Crippen MR) is 144 cm³/mol. The first-order chi connectivity index (χ1) is 18.8. The number of halogens is 6. The third-order valence-electron chi connectivity index (χ3n) is 6.73. The van der Waals surface area contributed by atoms with Crippen molar-refractivity contribution in [3.05, 3.63) is 52.7 Å². The van der Waals surface area contributed by atoms with Gasteiger partial charge in [-0.2, -0.15) is 31.5 Å². The Kier molecular flexibility index (Phi) is 10.7. The van der Waals surface area contributed by atoms with Gasteiger partial charge in [0.2, 0.25) is 5.96 Å². The number of benzene rings is 1. The van der Waals surface area contributed by atoms with Gasteiger partial charge >= 0.3 is 12.4 Å². The summed E-state index contributed by atoms with van der Waals surface area (Å²) < 4.78 is 81.0. The number of rotatable bonds is 10. The molecule has 1 aliphatic rings. The standard InChI is InChI=1S/C26H33F6N7S/c1-4-38(14-17-7-5-6-8-17)23-19(11-22(40-3)13-35-23)16-39(24(33)36-37-34-2)15-18-9-20(25(27,28)29)12-21(10-18)26(30,31)32/h9-13,17H,4-8,14-16H2,1-3H3,(H2,33,34,36). The second kappa shape index (κ2) is 13.6. The minimum atomic E-state index is -4.97. The molecule has 2 aromatic rings. The Morgan fingerprint density at radius 3 is 2.17 bits per heavy atom. The molecule has 1 heterocycles. The van der Waals surface area contributed by atoms with E-state index < -0.39 is 23.5 Å². The molecule has 3 rings (SSSR count). The van der Waals surface area contributed by atoms with Crippen LogP contribution in [0.25, 0.3) is 0 Å². The minimum Gasteiger partial charge on any atom is -0.368 e. The van der Waals surface area contributed by atoms with Crippen LogP contribution in [-0.2, 0) is 25.4 Å². The van der Waals surface area contributed by atoms with E-state index in [1.165, 1.54) is 36.6 Å². The maximum Gasteiger partial charge on any atom is 0.416 e. The lowest BCUT2D eigenvalue weighted by Crippen LogP contribution is -2.37. The van der Waals surface area contributed by atoms with E-state index in [1.54, 1.807) is 6.20 Å². The van der Waals surface area contributed by atoms with E-state index in [4.69, 9.17) is 10.7 Å². The molecule has 1 saturated carbocycles. The van der Waals surface area contributed by atoms with Crippen LogP contribution in [0.1, 0.15) is 54.9 Å². The van der Waals surface area contributed by atoms with Gasteiger partial charge in [-0.15, -0.1) is 11.8 Å². The fraction of sp³-hybridized carbons (Fsp3) is 0.538. The summed E-state index contributed by atoms with van der Waals surface area (Å²) in [4.78, 5) is 9.07. The molecule has 0 radical (unpaired) electrons. The van der Waals surface area contributed by atoms with Crippen LogP contribution in [0, 0.1) is 5.92 Å². The van der Waals surface area contributed by atoms with Gasteiger partial charge in [0.15, 0.2) is 0 Å². The van der Waals surface area contributed by atoms with Crippen LogP contribution in [0.5, 0.6) is 0 Å². The number of pyridine rings is 1. The van der Waals surface area contributed by atoms with E-state index in [1.807, 2.05) is 19.2 Å². The van der Waals surface area contributed by atoms with Crippen molar-refractivity contribution in [2.45, 2.75) is 62.9 Å². The Labute approximate surface area is 233 Å². The lowest BCUT2D eigenvalue weighted by Gasteiger charge is -2.30. The Morgan fingerprint density at radius 2 is 1.65 bits per heavy atom. The quantitative estimate of drug-likeness (QED) is 0.0794. The van der Waals surface area contributed by atoms with E-state index in [0.29, 0.717) is 36.0 Å². The third-order valence-corrected chi connectivity index (χ3v) is 7.43. The normalized spacial score (nSPS) is 15.3. The minimum absolute atomic E-state index is 0.0179. The van der Waals surface area contributed by atoms with Gasteiger partial charge in [0.25, 0.3) is 0 Å². The molecule has 0 bridgehead atoms. The van der Waals surface area contributed by atoms with Gasteiger partial charge in [-0.25, -0.2) is 4.98 Å². The van der Waals surface area contributed by atoms with Crippen molar-refractivity contribution in [3.63, 3.8) is 0 Å². The molecule has 0 saturated heterocycles. The number of anilines is 1. The summed E-state index contributed by atoms with van der Waals surface area (Å²) in [6.07, 6.45) is -1.71. The molecule has 0 amide bonds. The van der Waals surface area contributed by atoms with Gasteiger partial charge in [-0.1, -0.05) is 17.9 Å².